The van der Waals surface area contributed by atoms with Crippen LogP contribution >= 0.6 is 0 Å². The number of hydrogen-bond donors (Lipinski definition) is 1. The highest BCUT2D eigenvalue weighted by atomic mass is 32.2. The average molecular weight is 353 g/mol. The van der Waals surface area contributed by atoms with Crippen molar-refractivity contribution in [2.75, 3.05) is 13.1 Å². The van der Waals surface area contributed by atoms with Gasteiger partial charge in [0.2, 0.25) is 10.0 Å². The van der Waals surface area contributed by atoms with Crippen LogP contribution in [0.15, 0.2) is 23.1 Å². The molecule has 1 atom stereocenters. The molecule has 2 rings (SSSR count). The molecular formula is C18H28N2O3S. The SMILES string of the molecule is CCC[C@H](C)NS(=O)(=O)c1ccc(C)c(C(=O)N2CCCCC2)c1. The third kappa shape index (κ3) is 4.57. The molecule has 0 saturated carbocycles. The van der Waals surface area contributed by atoms with E-state index in [1.807, 2.05) is 25.7 Å². The van der Waals surface area contributed by atoms with Crippen LogP contribution in [0.4, 0.5) is 0 Å². The van der Waals surface area contributed by atoms with Crippen LogP contribution in [0.25, 0.3) is 0 Å². The van der Waals surface area contributed by atoms with Crippen molar-refractivity contribution >= 4 is 15.9 Å². The topological polar surface area (TPSA) is 66.5 Å². The van der Waals surface area contributed by atoms with Gasteiger partial charge in [0.1, 0.15) is 0 Å². The van der Waals surface area contributed by atoms with Gasteiger partial charge in [-0.3, -0.25) is 4.79 Å². The fourth-order valence-electron chi connectivity index (χ4n) is 3.09. The van der Waals surface area contributed by atoms with Crippen LogP contribution in [0.1, 0.15) is 61.9 Å². The van der Waals surface area contributed by atoms with Gasteiger partial charge in [-0.05, 0) is 57.2 Å². The lowest BCUT2D eigenvalue weighted by Gasteiger charge is -2.27. The van der Waals surface area contributed by atoms with E-state index in [0.717, 1.165) is 50.8 Å². The maximum absolute atomic E-state index is 12.7. The molecule has 0 bridgehead atoms. The Morgan fingerprint density at radius 2 is 1.92 bits per heavy atom. The second kappa shape index (κ2) is 8.12. The molecule has 0 unspecified atom stereocenters. The van der Waals surface area contributed by atoms with Crippen LogP contribution in [0.3, 0.4) is 0 Å². The first-order valence-electron chi connectivity index (χ1n) is 8.77. The van der Waals surface area contributed by atoms with E-state index in [1.165, 1.54) is 6.07 Å². The Bertz CT molecular complexity index is 680. The van der Waals surface area contributed by atoms with Crippen molar-refractivity contribution < 1.29 is 13.2 Å². The van der Waals surface area contributed by atoms with Gasteiger partial charge in [0.25, 0.3) is 5.91 Å². The molecular weight excluding hydrogens is 324 g/mol. The molecule has 0 aromatic heterocycles. The number of amides is 1. The summed E-state index contributed by atoms with van der Waals surface area (Å²) in [4.78, 5) is 14.7. The van der Waals surface area contributed by atoms with E-state index in [1.54, 1.807) is 12.1 Å². The van der Waals surface area contributed by atoms with Gasteiger partial charge in [0, 0.05) is 24.7 Å². The quantitative estimate of drug-likeness (QED) is 0.855. The summed E-state index contributed by atoms with van der Waals surface area (Å²) < 4.78 is 27.8. The summed E-state index contributed by atoms with van der Waals surface area (Å²) in [6.07, 6.45) is 4.87. The predicted octanol–water partition coefficient (Wildman–Crippen LogP) is 3.09. The normalized spacial score (nSPS) is 16.9. The Hall–Kier alpha value is -1.40. The van der Waals surface area contributed by atoms with E-state index >= 15 is 0 Å². The van der Waals surface area contributed by atoms with E-state index in [9.17, 15) is 13.2 Å². The van der Waals surface area contributed by atoms with Gasteiger partial charge in [-0.15, -0.1) is 0 Å². The van der Waals surface area contributed by atoms with Gasteiger partial charge >= 0.3 is 0 Å². The highest BCUT2D eigenvalue weighted by Crippen LogP contribution is 2.20. The maximum Gasteiger partial charge on any atom is 0.254 e. The van der Waals surface area contributed by atoms with Crippen LogP contribution in [0.2, 0.25) is 0 Å². The summed E-state index contributed by atoms with van der Waals surface area (Å²) in [6.45, 7) is 7.23. The average Bonchev–Trinajstić information content (AvgIpc) is 2.55. The van der Waals surface area contributed by atoms with Gasteiger partial charge < -0.3 is 4.90 Å². The summed E-state index contributed by atoms with van der Waals surface area (Å²) in [5, 5.41) is 0. The third-order valence-electron chi connectivity index (χ3n) is 4.47. The second-order valence-corrected chi connectivity index (χ2v) is 8.35. The molecule has 1 amide bonds. The predicted molar refractivity (Wildman–Crippen MR) is 95.6 cm³/mol. The van der Waals surface area contributed by atoms with Gasteiger partial charge in [0.15, 0.2) is 0 Å². The molecule has 6 heteroatoms. The molecule has 1 aliphatic heterocycles. The number of carbonyl (C=O) groups is 1. The van der Waals surface area contributed by atoms with E-state index in [-0.39, 0.29) is 16.8 Å². The molecule has 1 aromatic rings. The lowest BCUT2D eigenvalue weighted by molar-refractivity contribution is 0.0723. The van der Waals surface area contributed by atoms with Crippen LogP contribution in [-0.4, -0.2) is 38.4 Å². The fraction of sp³-hybridized carbons (Fsp3) is 0.611. The summed E-state index contributed by atoms with van der Waals surface area (Å²) in [6, 6.07) is 4.69. The molecule has 0 radical (unpaired) electrons. The smallest absolute Gasteiger partial charge is 0.254 e. The zero-order valence-corrected chi connectivity index (χ0v) is 15.7. The zero-order valence-electron chi connectivity index (χ0n) is 14.8. The fourth-order valence-corrected chi connectivity index (χ4v) is 4.39. The molecule has 1 saturated heterocycles. The summed E-state index contributed by atoms with van der Waals surface area (Å²) in [7, 11) is -3.61. The second-order valence-electron chi connectivity index (χ2n) is 6.64. The Morgan fingerprint density at radius 1 is 1.25 bits per heavy atom. The van der Waals surface area contributed by atoms with E-state index < -0.39 is 10.0 Å². The molecule has 1 heterocycles. The Labute approximate surface area is 145 Å². The van der Waals surface area contributed by atoms with Gasteiger partial charge in [-0.1, -0.05) is 19.4 Å². The molecule has 134 valence electrons. The van der Waals surface area contributed by atoms with Crippen LogP contribution in [0, 0.1) is 6.92 Å². The zero-order chi connectivity index (χ0) is 17.7. The van der Waals surface area contributed by atoms with Crippen molar-refractivity contribution in [1.29, 1.82) is 0 Å². The maximum atomic E-state index is 12.7. The molecule has 24 heavy (non-hydrogen) atoms. The van der Waals surface area contributed by atoms with Crippen LogP contribution in [0.5, 0.6) is 0 Å². The van der Waals surface area contributed by atoms with E-state index in [0.29, 0.717) is 5.56 Å². The first-order valence-corrected chi connectivity index (χ1v) is 10.3. The number of piperidine rings is 1. The first kappa shape index (κ1) is 18.9. The van der Waals surface area contributed by atoms with Gasteiger partial charge in [-0.25, -0.2) is 13.1 Å². The standard InChI is InChI=1S/C18H28N2O3S/c1-4-8-15(3)19-24(22,23)16-10-9-14(2)17(13-16)18(21)20-11-6-5-7-12-20/h9-10,13,15,19H,4-8,11-12H2,1-3H3/t15-/m0/s1. The Kier molecular flexibility index (Phi) is 6.40. The monoisotopic (exact) mass is 352 g/mol. The largest absolute Gasteiger partial charge is 0.339 e. The van der Waals surface area contributed by atoms with Gasteiger partial charge in [-0.2, -0.15) is 0 Å². The number of sulfonamides is 1. The van der Waals surface area contributed by atoms with Gasteiger partial charge in [0.05, 0.1) is 4.90 Å². The third-order valence-corrected chi connectivity index (χ3v) is 6.06. The van der Waals surface area contributed by atoms with Crippen molar-refractivity contribution in [3.63, 3.8) is 0 Å². The number of nitrogens with one attached hydrogen (secondary N) is 1. The molecule has 0 aliphatic carbocycles. The number of rotatable bonds is 6. The van der Waals surface area contributed by atoms with Crippen molar-refractivity contribution in [2.24, 2.45) is 0 Å². The number of likely N-dealkylation sites (tertiary alicyclic amines) is 1. The summed E-state index contributed by atoms with van der Waals surface area (Å²) in [5.41, 5.74) is 1.30. The van der Waals surface area contributed by atoms with Crippen molar-refractivity contribution in [3.05, 3.63) is 29.3 Å². The van der Waals surface area contributed by atoms with Crippen molar-refractivity contribution in [2.45, 2.75) is 63.8 Å². The van der Waals surface area contributed by atoms with Crippen molar-refractivity contribution in [3.8, 4) is 0 Å². The first-order chi connectivity index (χ1) is 11.3. The minimum Gasteiger partial charge on any atom is -0.339 e. The molecule has 1 N–H and O–H groups in total. The lowest BCUT2D eigenvalue weighted by atomic mass is 10.1. The minimum atomic E-state index is -3.61. The Balaban J connectivity index is 2.25. The number of aryl methyl sites for hydroxylation is 1. The van der Waals surface area contributed by atoms with Crippen molar-refractivity contribution in [1.82, 2.24) is 9.62 Å². The lowest BCUT2D eigenvalue weighted by Crippen LogP contribution is -2.36. The Morgan fingerprint density at radius 3 is 2.54 bits per heavy atom. The minimum absolute atomic E-state index is 0.0640. The van der Waals surface area contributed by atoms with E-state index in [2.05, 4.69) is 4.72 Å². The molecule has 0 spiro atoms. The number of carbonyl (C=O) groups excluding carboxylic acids is 1. The van der Waals surface area contributed by atoms with E-state index in [4.69, 9.17) is 0 Å². The molecule has 1 aromatic carbocycles. The summed E-state index contributed by atoms with van der Waals surface area (Å²) >= 11 is 0. The molecule has 5 nitrogen and oxygen atoms in total. The molecule has 1 aliphatic rings. The number of benzene rings is 1. The van der Waals surface area contributed by atoms with Crippen LogP contribution in [-0.2, 0) is 10.0 Å². The summed E-state index contributed by atoms with van der Waals surface area (Å²) in [5.74, 6) is -0.0640. The number of nitrogens with zero attached hydrogens (tertiary/aromatic N) is 1. The highest BCUT2D eigenvalue weighted by Gasteiger charge is 2.23. The molecule has 1 fully saturated rings. The number of hydrogen-bond acceptors (Lipinski definition) is 3. The highest BCUT2D eigenvalue weighted by molar-refractivity contribution is 7.89. The van der Waals surface area contributed by atoms with Crippen LogP contribution < -0.4 is 4.72 Å².